The highest BCUT2D eigenvalue weighted by atomic mass is 19.1. The van der Waals surface area contributed by atoms with E-state index in [2.05, 4.69) is 15.6 Å². The van der Waals surface area contributed by atoms with E-state index in [1.807, 2.05) is 0 Å². The van der Waals surface area contributed by atoms with Crippen molar-refractivity contribution in [2.75, 3.05) is 19.7 Å². The first-order valence-electron chi connectivity index (χ1n) is 8.38. The standard InChI is InChI=1S/C19H18F3N3O2/c20-13-1-3-17-15(9-13)12(11-25-17)5-6-23-19(26)24-7-8-27-18-4-2-14(21)10-16(18)22/h1-4,9-11,25H,5-8H2,(H2,23,24,26). The molecule has 0 aliphatic heterocycles. The molecule has 0 unspecified atom stereocenters. The molecule has 142 valence electrons. The van der Waals surface area contributed by atoms with Crippen LogP contribution in [-0.4, -0.2) is 30.7 Å². The van der Waals surface area contributed by atoms with Crippen LogP contribution in [0.15, 0.2) is 42.6 Å². The van der Waals surface area contributed by atoms with Crippen LogP contribution in [-0.2, 0) is 6.42 Å². The molecular weight excluding hydrogens is 359 g/mol. The summed E-state index contributed by atoms with van der Waals surface area (Å²) >= 11 is 0. The number of hydrogen-bond acceptors (Lipinski definition) is 2. The van der Waals surface area contributed by atoms with Crippen molar-refractivity contribution < 1.29 is 22.7 Å². The summed E-state index contributed by atoms with van der Waals surface area (Å²) in [7, 11) is 0. The first kappa shape index (κ1) is 18.6. The zero-order valence-corrected chi connectivity index (χ0v) is 14.3. The Morgan fingerprint density at radius 2 is 1.74 bits per heavy atom. The predicted octanol–water partition coefficient (Wildman–Crippen LogP) is 3.51. The summed E-state index contributed by atoms with van der Waals surface area (Å²) in [5, 5.41) is 6.04. The third-order valence-corrected chi connectivity index (χ3v) is 3.95. The van der Waals surface area contributed by atoms with Gasteiger partial charge in [-0.2, -0.15) is 0 Å². The number of fused-ring (bicyclic) bond motifs is 1. The summed E-state index contributed by atoms with van der Waals surface area (Å²) in [5.74, 6) is -1.87. The quantitative estimate of drug-likeness (QED) is 0.552. The van der Waals surface area contributed by atoms with Gasteiger partial charge in [0.25, 0.3) is 0 Å². The minimum atomic E-state index is -0.797. The van der Waals surface area contributed by atoms with Crippen molar-refractivity contribution >= 4 is 16.9 Å². The predicted molar refractivity (Wildman–Crippen MR) is 95.2 cm³/mol. The Balaban J connectivity index is 1.37. The molecule has 3 rings (SSSR count). The van der Waals surface area contributed by atoms with Gasteiger partial charge in [-0.3, -0.25) is 0 Å². The van der Waals surface area contributed by atoms with E-state index in [0.717, 1.165) is 28.6 Å². The minimum Gasteiger partial charge on any atom is -0.489 e. The van der Waals surface area contributed by atoms with Gasteiger partial charge in [-0.25, -0.2) is 18.0 Å². The summed E-state index contributed by atoms with van der Waals surface area (Å²) < 4.78 is 44.6. The number of benzene rings is 2. The number of aromatic amines is 1. The number of ether oxygens (including phenoxy) is 1. The molecular formula is C19H18F3N3O2. The molecule has 0 aliphatic carbocycles. The number of rotatable bonds is 7. The monoisotopic (exact) mass is 377 g/mol. The molecule has 3 N–H and O–H groups in total. The zero-order chi connectivity index (χ0) is 19.2. The topological polar surface area (TPSA) is 66.2 Å². The highest BCUT2D eigenvalue weighted by molar-refractivity contribution is 5.83. The van der Waals surface area contributed by atoms with E-state index >= 15 is 0 Å². The smallest absolute Gasteiger partial charge is 0.314 e. The Hall–Kier alpha value is -3.16. The van der Waals surface area contributed by atoms with Crippen LogP contribution in [0.4, 0.5) is 18.0 Å². The molecule has 0 fully saturated rings. The lowest BCUT2D eigenvalue weighted by atomic mass is 10.1. The SMILES string of the molecule is O=C(NCCOc1ccc(F)cc1F)NCCc1c[nH]c2ccc(F)cc12. The van der Waals surface area contributed by atoms with E-state index in [4.69, 9.17) is 4.74 Å². The molecule has 2 amide bonds. The zero-order valence-electron chi connectivity index (χ0n) is 14.3. The van der Waals surface area contributed by atoms with Crippen molar-refractivity contribution in [3.8, 4) is 5.75 Å². The maximum absolute atomic E-state index is 13.4. The van der Waals surface area contributed by atoms with E-state index in [1.54, 1.807) is 12.3 Å². The molecule has 2 aromatic carbocycles. The van der Waals surface area contributed by atoms with E-state index in [1.165, 1.54) is 18.2 Å². The number of urea groups is 1. The lowest BCUT2D eigenvalue weighted by Gasteiger charge is -2.09. The molecule has 8 heteroatoms. The Kier molecular flexibility index (Phi) is 5.85. The van der Waals surface area contributed by atoms with Crippen molar-refractivity contribution in [3.05, 3.63) is 65.6 Å². The van der Waals surface area contributed by atoms with Crippen LogP contribution in [0.1, 0.15) is 5.56 Å². The summed E-state index contributed by atoms with van der Waals surface area (Å²) in [6.45, 7) is 0.557. The number of carbonyl (C=O) groups is 1. The second kappa shape index (κ2) is 8.48. The number of halogens is 3. The largest absolute Gasteiger partial charge is 0.489 e. The number of nitrogens with one attached hydrogen (secondary N) is 3. The van der Waals surface area contributed by atoms with Gasteiger partial charge in [-0.05, 0) is 42.3 Å². The van der Waals surface area contributed by atoms with Gasteiger partial charge in [-0.1, -0.05) is 0 Å². The fraction of sp³-hybridized carbons (Fsp3) is 0.211. The van der Waals surface area contributed by atoms with Crippen LogP contribution in [0.2, 0.25) is 0 Å². The van der Waals surface area contributed by atoms with Crippen LogP contribution in [0.3, 0.4) is 0 Å². The van der Waals surface area contributed by atoms with Gasteiger partial charge in [0.2, 0.25) is 0 Å². The third kappa shape index (κ3) is 4.93. The fourth-order valence-electron chi connectivity index (χ4n) is 2.65. The summed E-state index contributed by atoms with van der Waals surface area (Å²) in [6.07, 6.45) is 2.32. The van der Waals surface area contributed by atoms with Crippen LogP contribution in [0, 0.1) is 17.5 Å². The van der Waals surface area contributed by atoms with Gasteiger partial charge < -0.3 is 20.4 Å². The number of aromatic nitrogens is 1. The number of H-pyrrole nitrogens is 1. The summed E-state index contributed by atoms with van der Waals surface area (Å²) in [5.41, 5.74) is 1.74. The Labute approximate surface area is 153 Å². The molecule has 1 heterocycles. The minimum absolute atomic E-state index is 0.0394. The van der Waals surface area contributed by atoms with E-state index in [9.17, 15) is 18.0 Å². The Morgan fingerprint density at radius 3 is 2.56 bits per heavy atom. The van der Waals surface area contributed by atoms with Crippen LogP contribution in [0.25, 0.3) is 10.9 Å². The molecule has 3 aromatic rings. The highest BCUT2D eigenvalue weighted by Crippen LogP contribution is 2.19. The normalized spacial score (nSPS) is 10.8. The molecule has 0 bridgehead atoms. The number of hydrogen-bond donors (Lipinski definition) is 3. The molecule has 0 radical (unpaired) electrons. The van der Waals surface area contributed by atoms with Gasteiger partial charge in [0.1, 0.15) is 18.2 Å². The van der Waals surface area contributed by atoms with Gasteiger partial charge in [0, 0.05) is 29.7 Å². The van der Waals surface area contributed by atoms with E-state index in [0.29, 0.717) is 13.0 Å². The van der Waals surface area contributed by atoms with Gasteiger partial charge in [0.15, 0.2) is 11.6 Å². The van der Waals surface area contributed by atoms with Crippen LogP contribution < -0.4 is 15.4 Å². The third-order valence-electron chi connectivity index (χ3n) is 3.95. The van der Waals surface area contributed by atoms with Crippen molar-refractivity contribution in [1.29, 1.82) is 0 Å². The van der Waals surface area contributed by atoms with E-state index < -0.39 is 17.7 Å². The maximum Gasteiger partial charge on any atom is 0.314 e. The average molecular weight is 377 g/mol. The van der Waals surface area contributed by atoms with Crippen LogP contribution in [0.5, 0.6) is 5.75 Å². The molecule has 0 saturated carbocycles. The summed E-state index contributed by atoms with van der Waals surface area (Å²) in [4.78, 5) is 14.8. The first-order chi connectivity index (χ1) is 13.0. The molecule has 0 spiro atoms. The Morgan fingerprint density at radius 1 is 1.00 bits per heavy atom. The fourth-order valence-corrected chi connectivity index (χ4v) is 2.65. The van der Waals surface area contributed by atoms with E-state index in [-0.39, 0.29) is 24.7 Å². The highest BCUT2D eigenvalue weighted by Gasteiger charge is 2.07. The van der Waals surface area contributed by atoms with Gasteiger partial charge in [0.05, 0.1) is 6.54 Å². The lowest BCUT2D eigenvalue weighted by molar-refractivity contribution is 0.236. The van der Waals surface area contributed by atoms with Gasteiger partial charge >= 0.3 is 6.03 Å². The molecule has 5 nitrogen and oxygen atoms in total. The van der Waals surface area contributed by atoms with Crippen molar-refractivity contribution in [1.82, 2.24) is 15.6 Å². The molecule has 1 aromatic heterocycles. The number of carbonyl (C=O) groups excluding carboxylic acids is 1. The molecule has 0 aliphatic rings. The second-order valence-corrected chi connectivity index (χ2v) is 5.86. The first-order valence-corrected chi connectivity index (χ1v) is 8.38. The summed E-state index contributed by atoms with van der Waals surface area (Å²) in [6, 6.07) is 7.11. The average Bonchev–Trinajstić information content (AvgIpc) is 3.02. The molecule has 27 heavy (non-hydrogen) atoms. The maximum atomic E-state index is 13.4. The molecule has 0 saturated heterocycles. The Bertz CT molecular complexity index is 943. The van der Waals surface area contributed by atoms with Crippen molar-refractivity contribution in [2.45, 2.75) is 6.42 Å². The lowest BCUT2D eigenvalue weighted by Crippen LogP contribution is -2.38. The van der Waals surface area contributed by atoms with Crippen LogP contribution >= 0.6 is 0 Å². The van der Waals surface area contributed by atoms with Crippen molar-refractivity contribution in [2.24, 2.45) is 0 Å². The second-order valence-electron chi connectivity index (χ2n) is 5.86. The number of amides is 2. The van der Waals surface area contributed by atoms with Gasteiger partial charge in [-0.15, -0.1) is 0 Å². The molecule has 0 atom stereocenters. The van der Waals surface area contributed by atoms with Crippen molar-refractivity contribution in [3.63, 3.8) is 0 Å².